The van der Waals surface area contributed by atoms with Gasteiger partial charge in [-0.15, -0.1) is 0 Å². The third kappa shape index (κ3) is 5.52. The Bertz CT molecular complexity index is 606. The van der Waals surface area contributed by atoms with E-state index in [9.17, 15) is 9.59 Å². The first-order chi connectivity index (χ1) is 12.6. The average molecular weight is 360 g/mol. The number of piperazine rings is 1. The summed E-state index contributed by atoms with van der Waals surface area (Å²) in [6, 6.07) is 7.00. The van der Waals surface area contributed by atoms with E-state index in [1.165, 1.54) is 0 Å². The van der Waals surface area contributed by atoms with Crippen molar-refractivity contribution in [3.05, 3.63) is 29.8 Å². The highest BCUT2D eigenvalue weighted by atomic mass is 16.5. The van der Waals surface area contributed by atoms with E-state index in [-0.39, 0.29) is 17.9 Å². The van der Waals surface area contributed by atoms with E-state index in [1.54, 1.807) is 24.3 Å². The summed E-state index contributed by atoms with van der Waals surface area (Å²) in [7, 11) is 2.09. The van der Waals surface area contributed by atoms with Crippen LogP contribution in [0.15, 0.2) is 24.3 Å². The van der Waals surface area contributed by atoms with Gasteiger partial charge in [-0.05, 0) is 44.2 Å². The van der Waals surface area contributed by atoms with E-state index >= 15 is 0 Å². The zero-order valence-electron chi connectivity index (χ0n) is 15.4. The van der Waals surface area contributed by atoms with Crippen molar-refractivity contribution in [1.82, 2.24) is 15.1 Å². The molecule has 2 amide bonds. The molecule has 2 aliphatic rings. The standard InChI is InChI=1S/C19H28N4O3/c1-22-8-10-23(11-9-22)14-18(24)21-16-6-4-15(5-7-16)19(25)20-13-17-3-2-12-26-17/h4-7,17H,2-3,8-14H2,1H3,(H,20,25)(H,21,24)/t17-/m1/s1. The van der Waals surface area contributed by atoms with Gasteiger partial charge in [-0.1, -0.05) is 0 Å². The van der Waals surface area contributed by atoms with Crippen molar-refractivity contribution < 1.29 is 14.3 Å². The second kappa shape index (κ2) is 9.12. The van der Waals surface area contributed by atoms with Crippen LogP contribution in [0, 0.1) is 0 Å². The largest absolute Gasteiger partial charge is 0.376 e. The van der Waals surface area contributed by atoms with Gasteiger partial charge in [-0.3, -0.25) is 14.5 Å². The molecule has 3 rings (SSSR count). The highest BCUT2D eigenvalue weighted by Crippen LogP contribution is 2.12. The van der Waals surface area contributed by atoms with Gasteiger partial charge >= 0.3 is 0 Å². The van der Waals surface area contributed by atoms with Crippen LogP contribution in [-0.2, 0) is 9.53 Å². The Morgan fingerprint density at radius 2 is 1.88 bits per heavy atom. The van der Waals surface area contributed by atoms with Crippen LogP contribution in [0.1, 0.15) is 23.2 Å². The second-order valence-electron chi connectivity index (χ2n) is 7.05. The molecule has 1 aromatic carbocycles. The molecular weight excluding hydrogens is 332 g/mol. The fourth-order valence-electron chi connectivity index (χ4n) is 3.23. The van der Waals surface area contributed by atoms with Gasteiger partial charge in [0.25, 0.3) is 5.91 Å². The van der Waals surface area contributed by atoms with Crippen LogP contribution in [0.3, 0.4) is 0 Å². The molecule has 2 fully saturated rings. The van der Waals surface area contributed by atoms with Crippen LogP contribution in [0.4, 0.5) is 5.69 Å². The van der Waals surface area contributed by atoms with Crippen LogP contribution >= 0.6 is 0 Å². The Hall–Kier alpha value is -1.96. The Morgan fingerprint density at radius 1 is 1.15 bits per heavy atom. The van der Waals surface area contributed by atoms with Crippen molar-refractivity contribution >= 4 is 17.5 Å². The zero-order valence-corrected chi connectivity index (χ0v) is 15.4. The minimum atomic E-state index is -0.115. The first kappa shape index (κ1) is 18.8. The van der Waals surface area contributed by atoms with E-state index in [2.05, 4.69) is 27.5 Å². The summed E-state index contributed by atoms with van der Waals surface area (Å²) in [5, 5.41) is 5.79. The van der Waals surface area contributed by atoms with E-state index in [0.717, 1.165) is 45.6 Å². The summed E-state index contributed by atoms with van der Waals surface area (Å²) >= 11 is 0. The zero-order chi connectivity index (χ0) is 18.4. The number of nitrogens with one attached hydrogen (secondary N) is 2. The maximum Gasteiger partial charge on any atom is 0.251 e. The van der Waals surface area contributed by atoms with Crippen molar-refractivity contribution in [1.29, 1.82) is 0 Å². The summed E-state index contributed by atoms with van der Waals surface area (Å²) in [5.41, 5.74) is 1.29. The molecule has 2 N–H and O–H groups in total. The molecule has 142 valence electrons. The third-order valence-electron chi connectivity index (χ3n) is 4.91. The lowest BCUT2D eigenvalue weighted by Gasteiger charge is -2.31. The second-order valence-corrected chi connectivity index (χ2v) is 7.05. The molecule has 0 spiro atoms. The fourth-order valence-corrected chi connectivity index (χ4v) is 3.23. The molecule has 0 bridgehead atoms. The van der Waals surface area contributed by atoms with Crippen molar-refractivity contribution in [2.45, 2.75) is 18.9 Å². The van der Waals surface area contributed by atoms with E-state index < -0.39 is 0 Å². The number of likely N-dealkylation sites (N-methyl/N-ethyl adjacent to an activating group) is 1. The van der Waals surface area contributed by atoms with Gasteiger partial charge in [0.1, 0.15) is 0 Å². The Kier molecular flexibility index (Phi) is 6.60. The van der Waals surface area contributed by atoms with Gasteiger partial charge in [0.05, 0.1) is 12.6 Å². The number of rotatable bonds is 6. The summed E-state index contributed by atoms with van der Waals surface area (Å²) in [4.78, 5) is 28.7. The molecule has 7 heteroatoms. The fraction of sp³-hybridized carbons (Fsp3) is 0.579. The SMILES string of the molecule is CN1CCN(CC(=O)Nc2ccc(C(=O)NC[C@H]3CCCO3)cc2)CC1. The number of nitrogens with zero attached hydrogens (tertiary/aromatic N) is 2. The van der Waals surface area contributed by atoms with Crippen LogP contribution < -0.4 is 10.6 Å². The first-order valence-electron chi connectivity index (χ1n) is 9.31. The van der Waals surface area contributed by atoms with E-state index in [4.69, 9.17) is 4.74 Å². The Balaban J connectivity index is 1.43. The highest BCUT2D eigenvalue weighted by Gasteiger charge is 2.18. The molecule has 2 aliphatic heterocycles. The number of ether oxygens (including phenoxy) is 1. The van der Waals surface area contributed by atoms with Crippen molar-refractivity contribution in [2.75, 3.05) is 58.2 Å². The number of anilines is 1. The van der Waals surface area contributed by atoms with Crippen LogP contribution in [0.5, 0.6) is 0 Å². The number of carbonyl (C=O) groups is 2. The van der Waals surface area contributed by atoms with Gasteiger partial charge in [0, 0.05) is 50.6 Å². The topological polar surface area (TPSA) is 73.9 Å². The molecule has 0 aromatic heterocycles. The predicted octanol–water partition coefficient (Wildman–Crippen LogP) is 0.781. The number of hydrogen-bond acceptors (Lipinski definition) is 5. The Morgan fingerprint density at radius 3 is 2.54 bits per heavy atom. The number of amides is 2. The number of hydrogen-bond donors (Lipinski definition) is 2. The van der Waals surface area contributed by atoms with Gasteiger partial charge < -0.3 is 20.3 Å². The van der Waals surface area contributed by atoms with Crippen molar-refractivity contribution in [3.63, 3.8) is 0 Å². The minimum absolute atomic E-state index is 0.0230. The maximum absolute atomic E-state index is 12.2. The van der Waals surface area contributed by atoms with Crippen LogP contribution in [0.25, 0.3) is 0 Å². The van der Waals surface area contributed by atoms with Gasteiger partial charge in [0.15, 0.2) is 0 Å². The Labute approximate surface area is 154 Å². The molecule has 26 heavy (non-hydrogen) atoms. The number of carbonyl (C=O) groups excluding carboxylic acids is 2. The van der Waals surface area contributed by atoms with Crippen molar-refractivity contribution in [2.24, 2.45) is 0 Å². The molecule has 0 unspecified atom stereocenters. The van der Waals surface area contributed by atoms with E-state index in [1.807, 2.05) is 0 Å². The molecule has 7 nitrogen and oxygen atoms in total. The van der Waals surface area contributed by atoms with E-state index in [0.29, 0.717) is 24.3 Å². The predicted molar refractivity (Wildman–Crippen MR) is 100 cm³/mol. The first-order valence-corrected chi connectivity index (χ1v) is 9.31. The molecule has 0 saturated carbocycles. The van der Waals surface area contributed by atoms with Gasteiger partial charge in [-0.25, -0.2) is 0 Å². The summed E-state index contributed by atoms with van der Waals surface area (Å²) in [6.07, 6.45) is 2.19. The van der Waals surface area contributed by atoms with Crippen molar-refractivity contribution in [3.8, 4) is 0 Å². The lowest BCUT2D eigenvalue weighted by Crippen LogP contribution is -2.47. The normalized spacial score (nSPS) is 21.5. The third-order valence-corrected chi connectivity index (χ3v) is 4.91. The monoisotopic (exact) mass is 360 g/mol. The lowest BCUT2D eigenvalue weighted by molar-refractivity contribution is -0.117. The molecular formula is C19H28N4O3. The maximum atomic E-state index is 12.2. The summed E-state index contributed by atoms with van der Waals surface area (Å²) < 4.78 is 5.50. The summed E-state index contributed by atoms with van der Waals surface area (Å²) in [5.74, 6) is -0.138. The van der Waals surface area contributed by atoms with Gasteiger partial charge in [-0.2, -0.15) is 0 Å². The van der Waals surface area contributed by atoms with Gasteiger partial charge in [0.2, 0.25) is 5.91 Å². The molecule has 0 aliphatic carbocycles. The van der Waals surface area contributed by atoms with Crippen LogP contribution in [-0.4, -0.2) is 80.6 Å². The molecule has 2 saturated heterocycles. The smallest absolute Gasteiger partial charge is 0.251 e. The minimum Gasteiger partial charge on any atom is -0.376 e. The highest BCUT2D eigenvalue weighted by molar-refractivity contribution is 5.96. The summed E-state index contributed by atoms with van der Waals surface area (Å²) in [6.45, 7) is 5.52. The molecule has 1 aromatic rings. The molecule has 0 radical (unpaired) electrons. The molecule has 2 heterocycles. The lowest BCUT2D eigenvalue weighted by atomic mass is 10.2. The van der Waals surface area contributed by atoms with Crippen LogP contribution in [0.2, 0.25) is 0 Å². The number of benzene rings is 1. The average Bonchev–Trinajstić information content (AvgIpc) is 3.16. The molecule has 1 atom stereocenters. The quantitative estimate of drug-likeness (QED) is 0.784.